The van der Waals surface area contributed by atoms with Crippen molar-refractivity contribution in [3.05, 3.63) is 60.5 Å². The monoisotopic (exact) mass is 323 g/mol. The molecule has 0 radical (unpaired) electrons. The molecule has 0 aliphatic heterocycles. The van der Waals surface area contributed by atoms with Crippen LogP contribution in [0.4, 0.5) is 0 Å². The van der Waals surface area contributed by atoms with Gasteiger partial charge in [0.05, 0.1) is 0 Å². The Kier molecular flexibility index (Phi) is 5.24. The molecule has 24 heavy (non-hydrogen) atoms. The van der Waals surface area contributed by atoms with E-state index in [-0.39, 0.29) is 5.91 Å². The van der Waals surface area contributed by atoms with Crippen molar-refractivity contribution in [3.8, 4) is 11.4 Å². The molecule has 0 saturated carbocycles. The van der Waals surface area contributed by atoms with Crippen LogP contribution in [0.5, 0.6) is 0 Å². The second kappa shape index (κ2) is 7.96. The molecule has 0 saturated heterocycles. The topological polar surface area (TPSA) is 93.8 Å². The highest BCUT2D eigenvalue weighted by atomic mass is 16.5. The van der Waals surface area contributed by atoms with E-state index in [0.29, 0.717) is 31.1 Å². The summed E-state index contributed by atoms with van der Waals surface area (Å²) in [5, 5.41) is 6.77. The summed E-state index contributed by atoms with van der Waals surface area (Å²) in [6, 6.07) is 7.53. The number of nitrogens with one attached hydrogen (secondary N) is 1. The zero-order valence-corrected chi connectivity index (χ0v) is 13.1. The first-order valence-corrected chi connectivity index (χ1v) is 7.70. The van der Waals surface area contributed by atoms with Crippen molar-refractivity contribution in [3.63, 3.8) is 0 Å². The fraction of sp³-hybridized carbons (Fsp3) is 0.235. The Hall–Kier alpha value is -3.09. The highest BCUT2D eigenvalue weighted by Crippen LogP contribution is 2.14. The molecule has 3 rings (SSSR count). The number of aromatic nitrogens is 4. The maximum absolute atomic E-state index is 11.9. The van der Waals surface area contributed by atoms with E-state index in [4.69, 9.17) is 4.52 Å². The Morgan fingerprint density at radius 1 is 1.08 bits per heavy atom. The molecule has 122 valence electrons. The van der Waals surface area contributed by atoms with Gasteiger partial charge in [0.15, 0.2) is 0 Å². The van der Waals surface area contributed by atoms with Crippen molar-refractivity contribution in [1.29, 1.82) is 0 Å². The second-order valence-electron chi connectivity index (χ2n) is 5.21. The fourth-order valence-corrected chi connectivity index (χ4v) is 2.17. The Bertz CT molecular complexity index is 774. The molecular weight excluding hydrogens is 306 g/mol. The van der Waals surface area contributed by atoms with Crippen molar-refractivity contribution >= 4 is 5.91 Å². The van der Waals surface area contributed by atoms with E-state index in [2.05, 4.69) is 25.4 Å². The van der Waals surface area contributed by atoms with Gasteiger partial charge >= 0.3 is 0 Å². The van der Waals surface area contributed by atoms with Crippen LogP contribution >= 0.6 is 0 Å². The summed E-state index contributed by atoms with van der Waals surface area (Å²) in [5.74, 6) is 0.881. The molecule has 1 amide bonds. The average molecular weight is 323 g/mol. The lowest BCUT2D eigenvalue weighted by Gasteiger charge is -2.03. The van der Waals surface area contributed by atoms with Gasteiger partial charge in [-0.25, -0.2) is 0 Å². The van der Waals surface area contributed by atoms with E-state index in [1.807, 2.05) is 18.2 Å². The van der Waals surface area contributed by atoms with Gasteiger partial charge in [0, 0.05) is 49.7 Å². The predicted octanol–water partition coefficient (Wildman–Crippen LogP) is 1.82. The van der Waals surface area contributed by atoms with Crippen LogP contribution in [0.1, 0.15) is 17.9 Å². The molecule has 0 unspecified atom stereocenters. The van der Waals surface area contributed by atoms with Crippen LogP contribution in [0.15, 0.2) is 53.6 Å². The number of aryl methyl sites for hydroxylation is 1. The zero-order valence-electron chi connectivity index (χ0n) is 13.1. The molecule has 0 aromatic carbocycles. The summed E-state index contributed by atoms with van der Waals surface area (Å²) in [5.41, 5.74) is 1.88. The van der Waals surface area contributed by atoms with Crippen LogP contribution in [0.2, 0.25) is 0 Å². The Balaban J connectivity index is 1.42. The number of rotatable bonds is 7. The first kappa shape index (κ1) is 15.8. The molecule has 3 heterocycles. The van der Waals surface area contributed by atoms with Crippen LogP contribution in [0, 0.1) is 0 Å². The number of carbonyl (C=O) groups is 1. The van der Waals surface area contributed by atoms with Crippen molar-refractivity contribution < 1.29 is 9.32 Å². The molecule has 7 heteroatoms. The maximum atomic E-state index is 11.9. The summed E-state index contributed by atoms with van der Waals surface area (Å²) >= 11 is 0. The van der Waals surface area contributed by atoms with Gasteiger partial charge in [0.1, 0.15) is 0 Å². The normalized spacial score (nSPS) is 10.5. The summed E-state index contributed by atoms with van der Waals surface area (Å²) in [6.45, 7) is 0.579. The molecule has 0 aliphatic carbocycles. The minimum atomic E-state index is -0.0416. The smallest absolute Gasteiger partial charge is 0.227 e. The van der Waals surface area contributed by atoms with Gasteiger partial charge in [-0.2, -0.15) is 4.98 Å². The summed E-state index contributed by atoms with van der Waals surface area (Å²) in [7, 11) is 0. The van der Waals surface area contributed by atoms with Crippen LogP contribution in [0.25, 0.3) is 11.4 Å². The average Bonchev–Trinajstić information content (AvgIpc) is 3.11. The number of nitrogens with zero attached hydrogens (tertiary/aromatic N) is 4. The van der Waals surface area contributed by atoms with Gasteiger partial charge in [-0.15, -0.1) is 0 Å². The summed E-state index contributed by atoms with van der Waals surface area (Å²) < 4.78 is 5.17. The number of carbonyl (C=O) groups excluding carboxylic acids is 1. The van der Waals surface area contributed by atoms with Gasteiger partial charge < -0.3 is 9.84 Å². The SMILES string of the molecule is O=C(CCc1nc(-c2cccnc2)no1)NCCc1cccnc1. The van der Waals surface area contributed by atoms with Crippen LogP contribution in [0.3, 0.4) is 0 Å². The standard InChI is InChI=1S/C17H17N5O2/c23-15(20-10-7-13-3-1-8-18-11-13)5-6-16-21-17(22-24-16)14-4-2-9-19-12-14/h1-4,8-9,11-12H,5-7,10H2,(H,20,23). The fourth-order valence-electron chi connectivity index (χ4n) is 2.17. The first-order chi connectivity index (χ1) is 11.8. The van der Waals surface area contributed by atoms with Gasteiger partial charge in [-0.1, -0.05) is 11.2 Å². The van der Waals surface area contributed by atoms with E-state index in [1.54, 1.807) is 30.9 Å². The third kappa shape index (κ3) is 4.45. The second-order valence-corrected chi connectivity index (χ2v) is 5.21. The first-order valence-electron chi connectivity index (χ1n) is 7.70. The molecule has 7 nitrogen and oxygen atoms in total. The molecule has 0 atom stereocenters. The third-order valence-corrected chi connectivity index (χ3v) is 3.41. The largest absolute Gasteiger partial charge is 0.356 e. The van der Waals surface area contributed by atoms with Gasteiger partial charge in [0.2, 0.25) is 17.6 Å². The van der Waals surface area contributed by atoms with E-state index in [1.165, 1.54) is 0 Å². The quantitative estimate of drug-likeness (QED) is 0.713. The van der Waals surface area contributed by atoms with Crippen LogP contribution in [-0.2, 0) is 17.6 Å². The lowest BCUT2D eigenvalue weighted by molar-refractivity contribution is -0.121. The van der Waals surface area contributed by atoms with Crippen molar-refractivity contribution in [2.45, 2.75) is 19.3 Å². The molecule has 0 fully saturated rings. The zero-order chi connectivity index (χ0) is 16.6. The lowest BCUT2D eigenvalue weighted by Crippen LogP contribution is -2.25. The Labute approximate surface area is 139 Å². The minimum Gasteiger partial charge on any atom is -0.356 e. The van der Waals surface area contributed by atoms with E-state index < -0.39 is 0 Å². The van der Waals surface area contributed by atoms with Crippen LogP contribution in [-0.4, -0.2) is 32.6 Å². The summed E-state index contributed by atoms with van der Waals surface area (Å²) in [6.07, 6.45) is 8.34. The highest BCUT2D eigenvalue weighted by Gasteiger charge is 2.10. The molecule has 3 aromatic heterocycles. The van der Waals surface area contributed by atoms with E-state index in [9.17, 15) is 4.79 Å². The predicted molar refractivity (Wildman–Crippen MR) is 86.8 cm³/mol. The molecule has 3 aromatic rings. The Morgan fingerprint density at radius 3 is 2.67 bits per heavy atom. The molecule has 0 aliphatic rings. The van der Waals surface area contributed by atoms with E-state index >= 15 is 0 Å². The molecule has 0 spiro atoms. The minimum absolute atomic E-state index is 0.0416. The van der Waals surface area contributed by atoms with Crippen molar-refractivity contribution in [1.82, 2.24) is 25.4 Å². The highest BCUT2D eigenvalue weighted by molar-refractivity contribution is 5.76. The van der Waals surface area contributed by atoms with Crippen LogP contribution < -0.4 is 5.32 Å². The van der Waals surface area contributed by atoms with E-state index in [0.717, 1.165) is 17.5 Å². The number of pyridine rings is 2. The van der Waals surface area contributed by atoms with Crippen molar-refractivity contribution in [2.24, 2.45) is 0 Å². The number of hydrogen-bond donors (Lipinski definition) is 1. The summed E-state index contributed by atoms with van der Waals surface area (Å²) in [4.78, 5) is 24.2. The molecular formula is C17H17N5O2. The van der Waals surface area contributed by atoms with Gasteiger partial charge in [-0.3, -0.25) is 14.8 Å². The molecule has 1 N–H and O–H groups in total. The maximum Gasteiger partial charge on any atom is 0.227 e. The number of amides is 1. The number of hydrogen-bond acceptors (Lipinski definition) is 6. The Morgan fingerprint density at radius 2 is 1.92 bits per heavy atom. The van der Waals surface area contributed by atoms with Crippen molar-refractivity contribution in [2.75, 3.05) is 6.54 Å². The molecule has 0 bridgehead atoms. The van der Waals surface area contributed by atoms with Gasteiger partial charge in [-0.05, 0) is 30.2 Å². The van der Waals surface area contributed by atoms with Gasteiger partial charge in [0.25, 0.3) is 0 Å². The lowest BCUT2D eigenvalue weighted by atomic mass is 10.2. The third-order valence-electron chi connectivity index (χ3n) is 3.41.